The molecule has 0 aliphatic rings. The largest absolute Gasteiger partial charge is 0.332 e. The molecule has 0 aliphatic carbocycles. The third kappa shape index (κ3) is 3.20. The van der Waals surface area contributed by atoms with Gasteiger partial charge in [0.05, 0.1) is 6.54 Å². The second-order valence-corrected chi connectivity index (χ2v) is 5.36. The first-order valence-electron chi connectivity index (χ1n) is 7.66. The summed E-state index contributed by atoms with van der Waals surface area (Å²) in [6.45, 7) is 0.372. The number of hydrogen-bond donors (Lipinski definition) is 0. The summed E-state index contributed by atoms with van der Waals surface area (Å²) in [6.07, 6.45) is 3.32. The summed E-state index contributed by atoms with van der Waals surface area (Å²) in [4.78, 5) is 20.4. The van der Waals surface area contributed by atoms with Crippen LogP contribution in [0.15, 0.2) is 76.3 Å². The molecule has 0 spiro atoms. The lowest BCUT2D eigenvalue weighted by Crippen LogP contribution is -2.22. The first-order valence-corrected chi connectivity index (χ1v) is 7.66. The molecule has 0 fully saturated rings. The molecule has 4 aromatic rings. The summed E-state index contributed by atoms with van der Waals surface area (Å²) in [5.41, 5.74) is 1.98. The average Bonchev–Trinajstić information content (AvgIpc) is 3.15. The van der Waals surface area contributed by atoms with Gasteiger partial charge in [-0.25, -0.2) is 4.68 Å². The van der Waals surface area contributed by atoms with Gasteiger partial charge in [0.2, 0.25) is 5.82 Å². The molecule has 0 radical (unpaired) electrons. The third-order valence-electron chi connectivity index (χ3n) is 3.61. The normalized spacial score (nSPS) is 10.7. The van der Waals surface area contributed by atoms with Gasteiger partial charge in [0, 0.05) is 24.0 Å². The van der Waals surface area contributed by atoms with E-state index in [4.69, 9.17) is 4.52 Å². The van der Waals surface area contributed by atoms with Gasteiger partial charge in [0.15, 0.2) is 0 Å². The van der Waals surface area contributed by atoms with E-state index < -0.39 is 0 Å². The number of hydrogen-bond acceptors (Lipinski definition) is 6. The van der Waals surface area contributed by atoms with Gasteiger partial charge in [-0.15, -0.1) is 0 Å². The van der Waals surface area contributed by atoms with E-state index >= 15 is 0 Å². The highest BCUT2D eigenvalue weighted by Crippen LogP contribution is 2.19. The second-order valence-electron chi connectivity index (χ2n) is 5.36. The van der Waals surface area contributed by atoms with Gasteiger partial charge in [-0.3, -0.25) is 9.78 Å². The summed E-state index contributed by atoms with van der Waals surface area (Å²) in [5.74, 6) is 0.673. The molecule has 0 amide bonds. The monoisotopic (exact) mass is 331 g/mol. The van der Waals surface area contributed by atoms with E-state index in [0.717, 1.165) is 11.1 Å². The summed E-state index contributed by atoms with van der Waals surface area (Å²) in [6, 6.07) is 16.3. The minimum absolute atomic E-state index is 0.195. The Morgan fingerprint density at radius 1 is 1.00 bits per heavy atom. The molecule has 3 heterocycles. The number of benzene rings is 1. The number of aromatic nitrogens is 5. The predicted molar refractivity (Wildman–Crippen MR) is 90.6 cm³/mol. The smallest absolute Gasteiger partial charge is 0.278 e. The molecule has 1 aromatic carbocycles. The molecule has 0 aliphatic heterocycles. The fraction of sp³-hybridized carbons (Fsp3) is 0.0556. The highest BCUT2D eigenvalue weighted by Gasteiger charge is 2.13. The standard InChI is InChI=1S/C18H13N5O2/c24-16-9-8-15(21-23(16)12-13-5-2-1-3-6-13)18-20-17(22-25-18)14-7-4-10-19-11-14/h1-11H,12H2. The van der Waals surface area contributed by atoms with Crippen molar-refractivity contribution in [1.29, 1.82) is 0 Å². The van der Waals surface area contributed by atoms with Gasteiger partial charge in [0.1, 0.15) is 5.69 Å². The van der Waals surface area contributed by atoms with Crippen LogP contribution in [0.3, 0.4) is 0 Å². The van der Waals surface area contributed by atoms with Gasteiger partial charge in [0.25, 0.3) is 11.4 Å². The van der Waals surface area contributed by atoms with E-state index in [0.29, 0.717) is 18.1 Å². The van der Waals surface area contributed by atoms with Gasteiger partial charge >= 0.3 is 0 Å². The molecule has 25 heavy (non-hydrogen) atoms. The van der Waals surface area contributed by atoms with Crippen LogP contribution in [0.5, 0.6) is 0 Å². The Kier molecular flexibility index (Phi) is 3.88. The van der Waals surface area contributed by atoms with E-state index in [1.54, 1.807) is 24.5 Å². The van der Waals surface area contributed by atoms with Gasteiger partial charge < -0.3 is 4.52 Å². The van der Waals surface area contributed by atoms with Crippen LogP contribution in [-0.4, -0.2) is 24.9 Å². The van der Waals surface area contributed by atoms with Crippen LogP contribution >= 0.6 is 0 Å². The molecule has 0 saturated carbocycles. The van der Waals surface area contributed by atoms with Crippen molar-refractivity contribution in [2.75, 3.05) is 0 Å². The zero-order valence-electron chi connectivity index (χ0n) is 13.1. The third-order valence-corrected chi connectivity index (χ3v) is 3.61. The lowest BCUT2D eigenvalue weighted by atomic mass is 10.2. The van der Waals surface area contributed by atoms with E-state index in [2.05, 4.69) is 20.2 Å². The molecule has 4 rings (SSSR count). The Labute approximate surface area is 142 Å². The summed E-state index contributed by atoms with van der Waals surface area (Å²) < 4.78 is 6.66. The molecule has 0 saturated heterocycles. The van der Waals surface area contributed by atoms with Crippen molar-refractivity contribution in [2.24, 2.45) is 0 Å². The van der Waals surface area contributed by atoms with Crippen LogP contribution in [0.2, 0.25) is 0 Å². The van der Waals surface area contributed by atoms with Crippen molar-refractivity contribution in [2.45, 2.75) is 6.54 Å². The van der Waals surface area contributed by atoms with Gasteiger partial charge in [-0.2, -0.15) is 10.1 Å². The highest BCUT2D eigenvalue weighted by atomic mass is 16.5. The average molecular weight is 331 g/mol. The zero-order chi connectivity index (χ0) is 17.1. The second kappa shape index (κ2) is 6.48. The lowest BCUT2D eigenvalue weighted by molar-refractivity contribution is 0.429. The summed E-state index contributed by atoms with van der Waals surface area (Å²) >= 11 is 0. The van der Waals surface area contributed by atoms with Crippen molar-refractivity contribution in [3.8, 4) is 23.0 Å². The molecule has 7 heteroatoms. The minimum Gasteiger partial charge on any atom is -0.332 e. The first kappa shape index (κ1) is 14.9. The van der Waals surface area contributed by atoms with E-state index in [-0.39, 0.29) is 11.4 Å². The first-order chi connectivity index (χ1) is 12.3. The van der Waals surface area contributed by atoms with Crippen LogP contribution in [0.1, 0.15) is 5.56 Å². The Bertz CT molecular complexity index is 1040. The minimum atomic E-state index is -0.195. The molecule has 0 N–H and O–H groups in total. The van der Waals surface area contributed by atoms with Crippen LogP contribution < -0.4 is 5.56 Å². The lowest BCUT2D eigenvalue weighted by Gasteiger charge is -2.05. The van der Waals surface area contributed by atoms with Crippen molar-refractivity contribution in [3.05, 3.63) is 82.9 Å². The molecule has 3 aromatic heterocycles. The highest BCUT2D eigenvalue weighted by molar-refractivity contribution is 5.56. The van der Waals surface area contributed by atoms with Crippen LogP contribution in [0, 0.1) is 0 Å². The molecule has 0 bridgehead atoms. The van der Waals surface area contributed by atoms with Crippen LogP contribution in [-0.2, 0) is 6.54 Å². The molecule has 7 nitrogen and oxygen atoms in total. The predicted octanol–water partition coefficient (Wildman–Crippen LogP) is 2.40. The Hall–Kier alpha value is -3.61. The summed E-state index contributed by atoms with van der Waals surface area (Å²) in [5, 5.41) is 8.28. The number of nitrogens with zero attached hydrogens (tertiary/aromatic N) is 5. The maximum Gasteiger partial charge on any atom is 0.278 e. The fourth-order valence-electron chi connectivity index (χ4n) is 2.37. The maximum absolute atomic E-state index is 12.1. The van der Waals surface area contributed by atoms with E-state index in [9.17, 15) is 4.79 Å². The summed E-state index contributed by atoms with van der Waals surface area (Å²) in [7, 11) is 0. The van der Waals surface area contributed by atoms with Crippen molar-refractivity contribution in [1.82, 2.24) is 24.9 Å². The number of pyridine rings is 1. The Morgan fingerprint density at radius 3 is 2.68 bits per heavy atom. The molecular weight excluding hydrogens is 318 g/mol. The van der Waals surface area contributed by atoms with Crippen molar-refractivity contribution in [3.63, 3.8) is 0 Å². The van der Waals surface area contributed by atoms with E-state index in [1.165, 1.54) is 10.7 Å². The van der Waals surface area contributed by atoms with E-state index in [1.807, 2.05) is 36.4 Å². The van der Waals surface area contributed by atoms with Gasteiger partial charge in [-0.1, -0.05) is 35.5 Å². The van der Waals surface area contributed by atoms with Crippen molar-refractivity contribution >= 4 is 0 Å². The van der Waals surface area contributed by atoms with Crippen LogP contribution in [0.25, 0.3) is 23.0 Å². The molecule has 0 atom stereocenters. The topological polar surface area (TPSA) is 86.7 Å². The Balaban J connectivity index is 1.66. The van der Waals surface area contributed by atoms with Crippen molar-refractivity contribution < 1.29 is 4.52 Å². The van der Waals surface area contributed by atoms with Gasteiger partial charge in [-0.05, 0) is 23.8 Å². The Morgan fingerprint density at radius 2 is 1.88 bits per heavy atom. The number of rotatable bonds is 4. The molecule has 0 unspecified atom stereocenters. The fourth-order valence-corrected chi connectivity index (χ4v) is 2.37. The SMILES string of the molecule is O=c1ccc(-c2nc(-c3cccnc3)no2)nn1Cc1ccccc1. The van der Waals surface area contributed by atoms with Crippen LogP contribution in [0.4, 0.5) is 0 Å². The molecular formula is C18H13N5O2. The zero-order valence-corrected chi connectivity index (χ0v) is 13.1. The molecule has 122 valence electrons. The maximum atomic E-state index is 12.1. The quantitative estimate of drug-likeness (QED) is 0.571.